The third kappa shape index (κ3) is 3.01. The molecule has 1 aromatic heterocycles. The van der Waals surface area contributed by atoms with Crippen LogP contribution in [0, 0.1) is 0 Å². The number of amides is 3. The maximum absolute atomic E-state index is 12.2. The molecule has 1 aliphatic rings. The van der Waals surface area contributed by atoms with Crippen molar-refractivity contribution in [3.63, 3.8) is 0 Å². The van der Waals surface area contributed by atoms with Crippen molar-refractivity contribution >= 4 is 17.8 Å². The molecule has 0 radical (unpaired) electrons. The van der Waals surface area contributed by atoms with Crippen LogP contribution in [0.1, 0.15) is 13.3 Å². The fourth-order valence-electron chi connectivity index (χ4n) is 2.37. The standard InChI is InChI=1S/C17H17N3O4/c1-3-13-16(21)20(17(22)18-13)14-5-4-6-15(19-14)24-12-9-7-11(23-2)8-10-12/h4-10,13H,3H2,1-2H3,(H,18,22)/t13-/m1/s1. The molecule has 1 fully saturated rings. The topological polar surface area (TPSA) is 80.8 Å². The Balaban J connectivity index is 1.81. The third-order valence-corrected chi connectivity index (χ3v) is 3.65. The van der Waals surface area contributed by atoms with Gasteiger partial charge < -0.3 is 14.8 Å². The highest BCUT2D eigenvalue weighted by Gasteiger charge is 2.38. The summed E-state index contributed by atoms with van der Waals surface area (Å²) in [6.45, 7) is 1.84. The average molecular weight is 327 g/mol. The molecule has 0 unspecified atom stereocenters. The van der Waals surface area contributed by atoms with Crippen LogP contribution in [0.15, 0.2) is 42.5 Å². The zero-order valence-corrected chi connectivity index (χ0v) is 13.4. The van der Waals surface area contributed by atoms with Gasteiger partial charge in [-0.25, -0.2) is 9.69 Å². The summed E-state index contributed by atoms with van der Waals surface area (Å²) in [5.41, 5.74) is 0. The number of anilines is 1. The monoisotopic (exact) mass is 327 g/mol. The highest BCUT2D eigenvalue weighted by molar-refractivity contribution is 6.20. The van der Waals surface area contributed by atoms with Crippen LogP contribution < -0.4 is 19.7 Å². The fourth-order valence-corrected chi connectivity index (χ4v) is 2.37. The van der Waals surface area contributed by atoms with Gasteiger partial charge >= 0.3 is 6.03 Å². The van der Waals surface area contributed by atoms with E-state index in [0.29, 0.717) is 23.8 Å². The lowest BCUT2D eigenvalue weighted by atomic mass is 10.2. The van der Waals surface area contributed by atoms with Gasteiger partial charge in [-0.15, -0.1) is 0 Å². The maximum Gasteiger partial charge on any atom is 0.330 e. The highest BCUT2D eigenvalue weighted by Crippen LogP contribution is 2.25. The van der Waals surface area contributed by atoms with Gasteiger partial charge in [0.25, 0.3) is 5.91 Å². The molecule has 7 nitrogen and oxygen atoms in total. The smallest absolute Gasteiger partial charge is 0.330 e. The molecular weight excluding hydrogens is 310 g/mol. The molecular formula is C17H17N3O4. The number of rotatable bonds is 5. The lowest BCUT2D eigenvalue weighted by Gasteiger charge is -2.13. The number of urea groups is 1. The molecule has 7 heteroatoms. The summed E-state index contributed by atoms with van der Waals surface area (Å²) in [7, 11) is 1.59. The third-order valence-electron chi connectivity index (χ3n) is 3.65. The molecule has 3 rings (SSSR count). The van der Waals surface area contributed by atoms with Crippen LogP contribution in [0.3, 0.4) is 0 Å². The first-order valence-electron chi connectivity index (χ1n) is 7.55. The van der Waals surface area contributed by atoms with Gasteiger partial charge in [-0.1, -0.05) is 13.0 Å². The van der Waals surface area contributed by atoms with Crippen LogP contribution in [0.25, 0.3) is 0 Å². The number of pyridine rings is 1. The van der Waals surface area contributed by atoms with Gasteiger partial charge in [0.2, 0.25) is 5.88 Å². The minimum Gasteiger partial charge on any atom is -0.497 e. The van der Waals surface area contributed by atoms with Gasteiger partial charge in [-0.2, -0.15) is 4.98 Å². The number of nitrogens with one attached hydrogen (secondary N) is 1. The molecule has 0 aliphatic carbocycles. The maximum atomic E-state index is 12.2. The van der Waals surface area contributed by atoms with Crippen molar-refractivity contribution in [1.82, 2.24) is 10.3 Å². The van der Waals surface area contributed by atoms with E-state index in [0.717, 1.165) is 4.90 Å². The Morgan fingerprint density at radius 1 is 1.12 bits per heavy atom. The van der Waals surface area contributed by atoms with E-state index < -0.39 is 12.1 Å². The van der Waals surface area contributed by atoms with Crippen molar-refractivity contribution in [3.05, 3.63) is 42.5 Å². The Morgan fingerprint density at radius 2 is 1.83 bits per heavy atom. The number of ether oxygens (including phenoxy) is 2. The van der Waals surface area contributed by atoms with Crippen LogP contribution in [-0.4, -0.2) is 30.1 Å². The number of aromatic nitrogens is 1. The van der Waals surface area contributed by atoms with Gasteiger partial charge in [0.15, 0.2) is 0 Å². The minimum atomic E-state index is -0.509. The summed E-state index contributed by atoms with van der Waals surface area (Å²) in [5, 5.41) is 2.63. The molecule has 1 saturated heterocycles. The predicted octanol–water partition coefficient (Wildman–Crippen LogP) is 2.72. The summed E-state index contributed by atoms with van der Waals surface area (Å²) in [4.78, 5) is 29.5. The number of carbonyl (C=O) groups excluding carboxylic acids is 2. The molecule has 2 aromatic rings. The lowest BCUT2D eigenvalue weighted by molar-refractivity contribution is -0.118. The van der Waals surface area contributed by atoms with E-state index in [2.05, 4.69) is 10.3 Å². The van der Waals surface area contributed by atoms with Gasteiger partial charge in [0.05, 0.1) is 7.11 Å². The molecule has 0 bridgehead atoms. The lowest BCUT2D eigenvalue weighted by Crippen LogP contribution is -2.31. The van der Waals surface area contributed by atoms with Crippen molar-refractivity contribution in [1.29, 1.82) is 0 Å². The molecule has 1 atom stereocenters. The van der Waals surface area contributed by atoms with Crippen LogP contribution in [0.4, 0.5) is 10.6 Å². The number of methoxy groups -OCH3 is 1. The van der Waals surface area contributed by atoms with Gasteiger partial charge in [0, 0.05) is 6.07 Å². The van der Waals surface area contributed by atoms with E-state index in [1.54, 1.807) is 49.6 Å². The number of hydrogen-bond donors (Lipinski definition) is 1. The van der Waals surface area contributed by atoms with Gasteiger partial charge in [-0.05, 0) is 36.8 Å². The molecule has 2 heterocycles. The first-order valence-corrected chi connectivity index (χ1v) is 7.55. The molecule has 0 spiro atoms. The van der Waals surface area contributed by atoms with Gasteiger partial charge in [-0.3, -0.25) is 4.79 Å². The van der Waals surface area contributed by atoms with E-state index >= 15 is 0 Å². The average Bonchev–Trinajstić information content (AvgIpc) is 2.89. The SMILES string of the molecule is CC[C@H]1NC(=O)N(c2cccc(Oc3ccc(OC)cc3)n2)C1=O. The van der Waals surface area contributed by atoms with E-state index in [4.69, 9.17) is 9.47 Å². The summed E-state index contributed by atoms with van der Waals surface area (Å²) in [6, 6.07) is 11.0. The Hall–Kier alpha value is -3.09. The number of hydrogen-bond acceptors (Lipinski definition) is 5. The van der Waals surface area contributed by atoms with E-state index in [9.17, 15) is 9.59 Å². The van der Waals surface area contributed by atoms with Crippen molar-refractivity contribution in [2.45, 2.75) is 19.4 Å². The largest absolute Gasteiger partial charge is 0.497 e. The Morgan fingerprint density at radius 3 is 2.46 bits per heavy atom. The Kier molecular flexibility index (Phi) is 4.33. The molecule has 1 aromatic carbocycles. The first kappa shape index (κ1) is 15.8. The summed E-state index contributed by atoms with van der Waals surface area (Å²) in [5.74, 6) is 1.51. The number of carbonyl (C=O) groups is 2. The first-order chi connectivity index (χ1) is 11.6. The summed E-state index contributed by atoms with van der Waals surface area (Å²) >= 11 is 0. The summed E-state index contributed by atoms with van der Waals surface area (Å²) < 4.78 is 10.8. The second-order valence-electron chi connectivity index (χ2n) is 5.20. The number of imide groups is 1. The molecule has 1 aliphatic heterocycles. The normalized spacial score (nSPS) is 16.9. The highest BCUT2D eigenvalue weighted by atomic mass is 16.5. The van der Waals surface area contributed by atoms with Crippen LogP contribution in [0.5, 0.6) is 17.4 Å². The van der Waals surface area contributed by atoms with Gasteiger partial charge in [0.1, 0.15) is 23.4 Å². The van der Waals surface area contributed by atoms with Crippen molar-refractivity contribution in [2.24, 2.45) is 0 Å². The quantitative estimate of drug-likeness (QED) is 0.854. The molecule has 124 valence electrons. The summed E-state index contributed by atoms with van der Waals surface area (Å²) in [6.07, 6.45) is 0.531. The molecule has 0 saturated carbocycles. The molecule has 24 heavy (non-hydrogen) atoms. The molecule has 3 amide bonds. The zero-order chi connectivity index (χ0) is 17.1. The van der Waals surface area contributed by atoms with Crippen LogP contribution in [-0.2, 0) is 4.79 Å². The van der Waals surface area contributed by atoms with E-state index in [1.807, 2.05) is 6.92 Å². The van der Waals surface area contributed by atoms with E-state index in [-0.39, 0.29) is 11.7 Å². The molecule has 1 N–H and O–H groups in total. The Labute approximate surface area is 139 Å². The van der Waals surface area contributed by atoms with E-state index in [1.165, 1.54) is 0 Å². The number of benzene rings is 1. The van der Waals surface area contributed by atoms with Crippen LogP contribution in [0.2, 0.25) is 0 Å². The van der Waals surface area contributed by atoms with Crippen molar-refractivity contribution < 1.29 is 19.1 Å². The van der Waals surface area contributed by atoms with Crippen molar-refractivity contribution in [2.75, 3.05) is 12.0 Å². The second-order valence-corrected chi connectivity index (χ2v) is 5.20. The predicted molar refractivity (Wildman–Crippen MR) is 87.4 cm³/mol. The fraction of sp³-hybridized carbons (Fsp3) is 0.235. The Bertz CT molecular complexity index is 761. The van der Waals surface area contributed by atoms with Crippen LogP contribution >= 0.6 is 0 Å². The minimum absolute atomic E-state index is 0.236. The second kappa shape index (κ2) is 6.57. The number of nitrogens with zero attached hydrogens (tertiary/aromatic N) is 2. The zero-order valence-electron chi connectivity index (χ0n) is 13.4. The van der Waals surface area contributed by atoms with Crippen molar-refractivity contribution in [3.8, 4) is 17.4 Å².